The number of hydrogen-bond donors (Lipinski definition) is 0. The standard InChI is InChI=1S/C14H15BrO5S/c15-12-3-1-11(2-4-12)13(16)8-20-14(17)7-10-5-6-21(18,19)9-10/h1-4,10H,5-9H2/t10-/m1/s1. The Morgan fingerprint density at radius 3 is 2.48 bits per heavy atom. The fourth-order valence-corrected chi connectivity index (χ4v) is 4.32. The summed E-state index contributed by atoms with van der Waals surface area (Å²) in [6, 6.07) is 6.75. The number of benzene rings is 1. The van der Waals surface area contributed by atoms with Crippen LogP contribution in [0.25, 0.3) is 0 Å². The predicted molar refractivity (Wildman–Crippen MR) is 80.8 cm³/mol. The van der Waals surface area contributed by atoms with Crippen LogP contribution in [0.4, 0.5) is 0 Å². The quantitative estimate of drug-likeness (QED) is 0.581. The Morgan fingerprint density at radius 2 is 1.90 bits per heavy atom. The second kappa shape index (κ2) is 6.70. The number of rotatable bonds is 5. The van der Waals surface area contributed by atoms with Gasteiger partial charge in [-0.3, -0.25) is 9.59 Å². The highest BCUT2D eigenvalue weighted by Crippen LogP contribution is 2.22. The lowest BCUT2D eigenvalue weighted by Gasteiger charge is -2.07. The van der Waals surface area contributed by atoms with Crippen molar-refractivity contribution in [2.45, 2.75) is 12.8 Å². The monoisotopic (exact) mass is 374 g/mol. The minimum Gasteiger partial charge on any atom is -0.457 e. The molecule has 2 rings (SSSR count). The zero-order valence-electron chi connectivity index (χ0n) is 11.2. The lowest BCUT2D eigenvalue weighted by molar-refractivity contribution is -0.143. The van der Waals surface area contributed by atoms with E-state index in [2.05, 4.69) is 15.9 Å². The maximum absolute atomic E-state index is 11.8. The van der Waals surface area contributed by atoms with Gasteiger partial charge in [0.05, 0.1) is 11.5 Å². The molecule has 0 bridgehead atoms. The number of hydrogen-bond acceptors (Lipinski definition) is 5. The number of carbonyl (C=O) groups is 2. The summed E-state index contributed by atoms with van der Waals surface area (Å²) >= 11 is 3.27. The summed E-state index contributed by atoms with van der Waals surface area (Å²) in [6.45, 7) is -0.320. The molecule has 1 aromatic carbocycles. The van der Waals surface area contributed by atoms with Gasteiger partial charge in [-0.15, -0.1) is 0 Å². The molecule has 0 unspecified atom stereocenters. The molecule has 1 fully saturated rings. The van der Waals surface area contributed by atoms with Gasteiger partial charge < -0.3 is 4.74 Å². The lowest BCUT2D eigenvalue weighted by atomic mass is 10.1. The van der Waals surface area contributed by atoms with Crippen molar-refractivity contribution in [1.82, 2.24) is 0 Å². The van der Waals surface area contributed by atoms with Crippen LogP contribution in [0.5, 0.6) is 0 Å². The molecule has 21 heavy (non-hydrogen) atoms. The summed E-state index contributed by atoms with van der Waals surface area (Å²) in [4.78, 5) is 23.4. The molecule has 0 aromatic heterocycles. The van der Waals surface area contributed by atoms with Crippen LogP contribution in [-0.2, 0) is 19.4 Å². The van der Waals surface area contributed by atoms with Crippen molar-refractivity contribution < 1.29 is 22.7 Å². The molecule has 1 aromatic rings. The van der Waals surface area contributed by atoms with Crippen LogP contribution in [-0.4, -0.2) is 38.3 Å². The second-order valence-electron chi connectivity index (χ2n) is 5.06. The third kappa shape index (κ3) is 4.93. The van der Waals surface area contributed by atoms with Crippen molar-refractivity contribution in [1.29, 1.82) is 0 Å². The van der Waals surface area contributed by atoms with Crippen molar-refractivity contribution >= 4 is 37.5 Å². The van der Waals surface area contributed by atoms with Crippen molar-refractivity contribution in [3.63, 3.8) is 0 Å². The molecule has 0 spiro atoms. The highest BCUT2D eigenvalue weighted by Gasteiger charge is 2.29. The van der Waals surface area contributed by atoms with E-state index in [-0.39, 0.29) is 36.2 Å². The summed E-state index contributed by atoms with van der Waals surface area (Å²) in [6.07, 6.45) is 0.533. The van der Waals surface area contributed by atoms with Crippen molar-refractivity contribution in [3.8, 4) is 0 Å². The molecule has 0 aliphatic carbocycles. The molecule has 1 saturated heterocycles. The Labute approximate surface area is 131 Å². The van der Waals surface area contributed by atoms with Crippen LogP contribution >= 0.6 is 15.9 Å². The smallest absolute Gasteiger partial charge is 0.306 e. The largest absolute Gasteiger partial charge is 0.457 e. The SMILES string of the molecule is O=C(C[C@H]1CCS(=O)(=O)C1)OCC(=O)c1ccc(Br)cc1. The number of Topliss-reactive ketones (excluding diaryl/α,β-unsaturated/α-hetero) is 1. The molecule has 5 nitrogen and oxygen atoms in total. The molecule has 0 saturated carbocycles. The zero-order valence-corrected chi connectivity index (χ0v) is 13.7. The Hall–Kier alpha value is -1.21. The van der Waals surface area contributed by atoms with E-state index in [0.717, 1.165) is 4.47 Å². The summed E-state index contributed by atoms with van der Waals surface area (Å²) in [5, 5.41) is 0. The summed E-state index contributed by atoms with van der Waals surface area (Å²) in [5.41, 5.74) is 0.467. The molecule has 1 aliphatic heterocycles. The molecule has 0 N–H and O–H groups in total. The minimum atomic E-state index is -3.00. The summed E-state index contributed by atoms with van der Waals surface area (Å²) in [7, 11) is -3.00. The molecule has 114 valence electrons. The minimum absolute atomic E-state index is 0.0305. The fourth-order valence-electron chi connectivity index (χ4n) is 2.19. The van der Waals surface area contributed by atoms with Crippen molar-refractivity contribution in [3.05, 3.63) is 34.3 Å². The van der Waals surface area contributed by atoms with Gasteiger partial charge in [0.1, 0.15) is 0 Å². The van der Waals surface area contributed by atoms with Gasteiger partial charge in [0.25, 0.3) is 0 Å². The van der Waals surface area contributed by atoms with E-state index >= 15 is 0 Å². The van der Waals surface area contributed by atoms with Crippen molar-refractivity contribution in [2.24, 2.45) is 5.92 Å². The van der Waals surface area contributed by atoms with Crippen LogP contribution in [0.1, 0.15) is 23.2 Å². The maximum Gasteiger partial charge on any atom is 0.306 e. The number of esters is 1. The Kier molecular flexibility index (Phi) is 5.16. The van der Waals surface area contributed by atoms with Crippen LogP contribution in [0.3, 0.4) is 0 Å². The van der Waals surface area contributed by atoms with Crippen molar-refractivity contribution in [2.75, 3.05) is 18.1 Å². The van der Waals surface area contributed by atoms with E-state index in [1.54, 1.807) is 24.3 Å². The van der Waals surface area contributed by atoms with E-state index in [0.29, 0.717) is 12.0 Å². The average Bonchev–Trinajstić information content (AvgIpc) is 2.76. The van der Waals surface area contributed by atoms with Gasteiger partial charge in [-0.25, -0.2) is 8.42 Å². The van der Waals surface area contributed by atoms with Gasteiger partial charge in [0.15, 0.2) is 22.2 Å². The maximum atomic E-state index is 11.8. The first-order valence-corrected chi connectivity index (χ1v) is 9.12. The van der Waals surface area contributed by atoms with Crippen LogP contribution in [0, 0.1) is 5.92 Å². The normalized spacial score (nSPS) is 20.1. The van der Waals surface area contributed by atoms with Gasteiger partial charge in [-0.2, -0.15) is 0 Å². The van der Waals surface area contributed by atoms with Gasteiger partial charge in [0, 0.05) is 16.5 Å². The summed E-state index contributed by atoms with van der Waals surface area (Å²) < 4.78 is 28.4. The van der Waals surface area contributed by atoms with E-state index in [4.69, 9.17) is 4.74 Å². The predicted octanol–water partition coefficient (Wildman–Crippen LogP) is 2.00. The molecule has 7 heteroatoms. The number of carbonyl (C=O) groups excluding carboxylic acids is 2. The number of ketones is 1. The molecular formula is C14H15BrO5S. The first kappa shape index (κ1) is 16.2. The zero-order chi connectivity index (χ0) is 15.5. The molecule has 1 aliphatic rings. The van der Waals surface area contributed by atoms with Gasteiger partial charge >= 0.3 is 5.97 Å². The number of ether oxygens (including phenoxy) is 1. The average molecular weight is 375 g/mol. The van der Waals surface area contributed by atoms with E-state index in [9.17, 15) is 18.0 Å². The van der Waals surface area contributed by atoms with E-state index in [1.165, 1.54) is 0 Å². The van der Waals surface area contributed by atoms with Gasteiger partial charge in [-0.05, 0) is 24.5 Å². The topological polar surface area (TPSA) is 77.5 Å². The molecule has 1 atom stereocenters. The molecule has 1 heterocycles. The van der Waals surface area contributed by atoms with Crippen LogP contribution in [0.15, 0.2) is 28.7 Å². The second-order valence-corrected chi connectivity index (χ2v) is 8.21. The third-order valence-corrected chi connectivity index (χ3v) is 5.68. The molecule has 0 amide bonds. The molecule has 0 radical (unpaired) electrons. The van der Waals surface area contributed by atoms with Crippen LogP contribution < -0.4 is 0 Å². The van der Waals surface area contributed by atoms with E-state index in [1.807, 2.05) is 0 Å². The highest BCUT2D eigenvalue weighted by molar-refractivity contribution is 9.10. The lowest BCUT2D eigenvalue weighted by Crippen LogP contribution is -2.17. The number of sulfone groups is 1. The van der Waals surface area contributed by atoms with Gasteiger partial charge in [-0.1, -0.05) is 28.1 Å². The van der Waals surface area contributed by atoms with Gasteiger partial charge in [0.2, 0.25) is 0 Å². The first-order valence-electron chi connectivity index (χ1n) is 6.50. The highest BCUT2D eigenvalue weighted by atomic mass is 79.9. The Bertz CT molecular complexity index is 636. The third-order valence-electron chi connectivity index (χ3n) is 3.31. The van der Waals surface area contributed by atoms with E-state index < -0.39 is 15.8 Å². The van der Waals surface area contributed by atoms with Crippen LogP contribution in [0.2, 0.25) is 0 Å². The Balaban J connectivity index is 1.79. The fraction of sp³-hybridized carbons (Fsp3) is 0.429. The molecular weight excluding hydrogens is 360 g/mol. The Morgan fingerprint density at radius 1 is 1.24 bits per heavy atom. The first-order chi connectivity index (χ1) is 9.85. The summed E-state index contributed by atoms with van der Waals surface area (Å²) in [5.74, 6) is -0.839. The number of halogens is 1.